The van der Waals surface area contributed by atoms with Gasteiger partial charge in [-0.1, -0.05) is 0 Å². The Morgan fingerprint density at radius 2 is 1.57 bits per heavy atom. The number of anilines is 1. The van der Waals surface area contributed by atoms with Crippen molar-refractivity contribution in [2.45, 2.75) is 43.2 Å². The summed E-state index contributed by atoms with van der Waals surface area (Å²) < 4.78 is 11.6. The normalized spacial score (nSPS) is 11.1. The molecule has 0 aromatic carbocycles. The Morgan fingerprint density at radius 3 is 2.05 bits per heavy atom. The molecule has 1 N–H and O–H groups in total. The molecule has 0 unspecified atom stereocenters. The van der Waals surface area contributed by atoms with Gasteiger partial charge in [0, 0.05) is 19.8 Å². The molecule has 0 spiro atoms. The van der Waals surface area contributed by atoms with Crippen molar-refractivity contribution in [3.05, 3.63) is 0 Å². The van der Waals surface area contributed by atoms with Crippen LogP contribution in [0.5, 0.6) is 0 Å². The molecule has 21 heavy (non-hydrogen) atoms. The minimum atomic E-state index is -2.03. The number of nitrogens with one attached hydrogen (secondary N) is 1. The summed E-state index contributed by atoms with van der Waals surface area (Å²) in [7, 11) is -2.03. The zero-order valence-electron chi connectivity index (χ0n) is 12.1. The fourth-order valence-electron chi connectivity index (χ4n) is 1.84. The summed E-state index contributed by atoms with van der Waals surface area (Å²) in [6, 6.07) is 0.925. The first-order valence-electron chi connectivity index (χ1n) is 6.65. The Hall–Kier alpha value is 0.647. The first-order valence-corrected chi connectivity index (χ1v) is 10.1. The Morgan fingerprint density at radius 1 is 1.05 bits per heavy atom. The molecule has 0 aliphatic carbocycles. The number of thiol groups is 2. The Kier molecular flexibility index (Phi) is 11.6. The van der Waals surface area contributed by atoms with Crippen LogP contribution in [0.3, 0.4) is 0 Å². The number of hydrogen-bond donors (Lipinski definition) is 3. The van der Waals surface area contributed by atoms with Gasteiger partial charge in [0.1, 0.15) is 0 Å². The monoisotopic (exact) mass is 358 g/mol. The van der Waals surface area contributed by atoms with E-state index in [-0.39, 0.29) is 29.6 Å². The van der Waals surface area contributed by atoms with Gasteiger partial charge in [0.2, 0.25) is 5.95 Å². The quantitative estimate of drug-likeness (QED) is 0.355. The van der Waals surface area contributed by atoms with Crippen LogP contribution in [0.25, 0.3) is 0 Å². The SMILES string of the molecule is CCO[Si](C)(CCCNc1nc(S)nc(S)n1)OCC.[NaH]. The molecule has 0 saturated carbocycles. The van der Waals surface area contributed by atoms with Gasteiger partial charge >= 0.3 is 38.1 Å². The van der Waals surface area contributed by atoms with Crippen LogP contribution in [0.2, 0.25) is 12.6 Å². The molecular formula is C11H23N4NaO2S2Si. The molecule has 0 atom stereocenters. The van der Waals surface area contributed by atoms with E-state index in [4.69, 9.17) is 8.85 Å². The molecule has 116 valence electrons. The standard InChI is InChI=1S/C11H22N4O2S2Si.Na.H/c1-4-16-20(3,17-5-2)8-6-7-12-9-13-10(18)15-11(19)14-9;;/h4-8H2,1-3H3,(H3,12,13,14,15,18,19);;. The molecule has 6 nitrogen and oxygen atoms in total. The van der Waals surface area contributed by atoms with Gasteiger partial charge in [0.05, 0.1) is 0 Å². The zero-order chi connectivity index (χ0) is 15.0. The first-order chi connectivity index (χ1) is 9.49. The van der Waals surface area contributed by atoms with E-state index < -0.39 is 8.56 Å². The van der Waals surface area contributed by atoms with Crippen LogP contribution in [-0.4, -0.2) is 72.8 Å². The average molecular weight is 359 g/mol. The van der Waals surface area contributed by atoms with Gasteiger partial charge in [-0.25, -0.2) is 0 Å². The fraction of sp³-hybridized carbons (Fsp3) is 0.727. The van der Waals surface area contributed by atoms with E-state index in [0.717, 1.165) is 19.0 Å². The Bertz CT molecular complexity index is 405. The van der Waals surface area contributed by atoms with Crippen molar-refractivity contribution in [2.24, 2.45) is 0 Å². The molecule has 0 amide bonds. The second kappa shape index (κ2) is 11.2. The predicted octanol–water partition coefficient (Wildman–Crippen LogP) is 1.75. The van der Waals surface area contributed by atoms with Gasteiger partial charge in [0.15, 0.2) is 10.3 Å². The maximum absolute atomic E-state index is 5.78. The van der Waals surface area contributed by atoms with Gasteiger partial charge in [-0.2, -0.15) is 15.0 Å². The van der Waals surface area contributed by atoms with E-state index in [0.29, 0.717) is 29.5 Å². The summed E-state index contributed by atoms with van der Waals surface area (Å²) in [6.07, 6.45) is 0.929. The minimum absolute atomic E-state index is 0. The summed E-state index contributed by atoms with van der Waals surface area (Å²) in [4.78, 5) is 12.0. The Balaban J connectivity index is 0.00000400. The predicted molar refractivity (Wildman–Crippen MR) is 94.3 cm³/mol. The summed E-state index contributed by atoms with van der Waals surface area (Å²) in [6.45, 7) is 8.21. The molecule has 1 rings (SSSR count). The van der Waals surface area contributed by atoms with E-state index >= 15 is 0 Å². The van der Waals surface area contributed by atoms with Crippen LogP contribution in [0.15, 0.2) is 10.3 Å². The van der Waals surface area contributed by atoms with Gasteiger partial charge in [-0.15, -0.1) is 25.3 Å². The van der Waals surface area contributed by atoms with Crippen LogP contribution in [0, 0.1) is 0 Å². The van der Waals surface area contributed by atoms with Crippen LogP contribution in [-0.2, 0) is 8.85 Å². The molecule has 0 bridgehead atoms. The van der Waals surface area contributed by atoms with E-state index in [1.807, 2.05) is 13.8 Å². The molecule has 0 aliphatic heterocycles. The molecule has 10 heteroatoms. The van der Waals surface area contributed by atoms with E-state index in [2.05, 4.69) is 52.1 Å². The third-order valence-electron chi connectivity index (χ3n) is 2.60. The van der Waals surface area contributed by atoms with Crippen molar-refractivity contribution >= 4 is 69.3 Å². The number of rotatable bonds is 9. The van der Waals surface area contributed by atoms with Crippen molar-refractivity contribution in [1.82, 2.24) is 15.0 Å². The van der Waals surface area contributed by atoms with E-state index in [9.17, 15) is 0 Å². The third-order valence-corrected chi connectivity index (χ3v) is 6.06. The molecule has 0 saturated heterocycles. The van der Waals surface area contributed by atoms with Gasteiger partial charge < -0.3 is 14.2 Å². The second-order valence-electron chi connectivity index (χ2n) is 4.29. The number of nitrogens with zero attached hydrogens (tertiary/aromatic N) is 3. The molecule has 1 heterocycles. The third kappa shape index (κ3) is 8.75. The van der Waals surface area contributed by atoms with Crippen molar-refractivity contribution < 1.29 is 8.85 Å². The van der Waals surface area contributed by atoms with Gasteiger partial charge in [0.25, 0.3) is 0 Å². The van der Waals surface area contributed by atoms with Crippen molar-refractivity contribution in [3.63, 3.8) is 0 Å². The van der Waals surface area contributed by atoms with Gasteiger partial charge in [-0.05, 0) is 32.9 Å². The summed E-state index contributed by atoms with van der Waals surface area (Å²) in [5, 5.41) is 3.85. The topological polar surface area (TPSA) is 69.2 Å². The summed E-state index contributed by atoms with van der Waals surface area (Å²) >= 11 is 8.17. The fourth-order valence-corrected chi connectivity index (χ4v) is 4.71. The first kappa shape index (κ1) is 21.6. The van der Waals surface area contributed by atoms with E-state index in [1.165, 1.54) is 0 Å². The van der Waals surface area contributed by atoms with Crippen molar-refractivity contribution in [3.8, 4) is 0 Å². The molecule has 0 fully saturated rings. The second-order valence-corrected chi connectivity index (χ2v) is 8.43. The van der Waals surface area contributed by atoms with Gasteiger partial charge in [-0.3, -0.25) is 0 Å². The molecule has 0 aliphatic rings. The average Bonchev–Trinajstić information content (AvgIpc) is 2.34. The molecule has 1 aromatic heterocycles. The summed E-state index contributed by atoms with van der Waals surface area (Å²) in [5.41, 5.74) is 0. The Labute approximate surface area is 160 Å². The molecular weight excluding hydrogens is 335 g/mol. The summed E-state index contributed by atoms with van der Waals surface area (Å²) in [5.74, 6) is 0.492. The maximum atomic E-state index is 5.78. The van der Waals surface area contributed by atoms with Crippen molar-refractivity contribution in [2.75, 3.05) is 25.1 Å². The van der Waals surface area contributed by atoms with Crippen LogP contribution < -0.4 is 5.32 Å². The molecule has 0 radical (unpaired) electrons. The van der Waals surface area contributed by atoms with E-state index in [1.54, 1.807) is 0 Å². The zero-order valence-corrected chi connectivity index (χ0v) is 14.9. The molecule has 1 aromatic rings. The van der Waals surface area contributed by atoms with Crippen LogP contribution in [0.1, 0.15) is 20.3 Å². The number of hydrogen-bond acceptors (Lipinski definition) is 8. The van der Waals surface area contributed by atoms with Crippen LogP contribution in [0.4, 0.5) is 5.95 Å². The van der Waals surface area contributed by atoms with Crippen molar-refractivity contribution in [1.29, 1.82) is 0 Å². The number of aromatic nitrogens is 3. The van der Waals surface area contributed by atoms with Crippen LogP contribution >= 0.6 is 25.3 Å².